The van der Waals surface area contributed by atoms with Crippen molar-refractivity contribution in [2.24, 2.45) is 23.7 Å². The van der Waals surface area contributed by atoms with Crippen molar-refractivity contribution in [1.82, 2.24) is 0 Å². The number of rotatable bonds is 6. The lowest BCUT2D eigenvalue weighted by Crippen LogP contribution is -2.43. The lowest BCUT2D eigenvalue weighted by atomic mass is 9.81. The molecule has 0 aromatic carbocycles. The third-order valence-electron chi connectivity index (χ3n) is 7.28. The zero-order valence-corrected chi connectivity index (χ0v) is 17.7. The SMILES string of the molecule is CCCC1CCC(OC(=O)C2CCC(C3OCC(CC)C(C)O3)CC2)CC1. The summed E-state index contributed by atoms with van der Waals surface area (Å²) < 4.78 is 18.0. The highest BCUT2D eigenvalue weighted by molar-refractivity contribution is 5.72. The van der Waals surface area contributed by atoms with E-state index in [1.165, 1.54) is 25.7 Å². The van der Waals surface area contributed by atoms with Gasteiger partial charge < -0.3 is 14.2 Å². The summed E-state index contributed by atoms with van der Waals surface area (Å²) in [7, 11) is 0. The number of ether oxygens (including phenoxy) is 3. The first kappa shape index (κ1) is 21.1. The number of hydrogen-bond donors (Lipinski definition) is 0. The average Bonchev–Trinajstić information content (AvgIpc) is 2.70. The Hall–Kier alpha value is -0.610. The minimum absolute atomic E-state index is 0.0530. The van der Waals surface area contributed by atoms with Crippen LogP contribution < -0.4 is 0 Å². The smallest absolute Gasteiger partial charge is 0.309 e. The number of esters is 1. The van der Waals surface area contributed by atoms with Crippen LogP contribution in [0.15, 0.2) is 0 Å². The lowest BCUT2D eigenvalue weighted by molar-refractivity contribution is -0.257. The predicted molar refractivity (Wildman–Crippen MR) is 106 cm³/mol. The molecule has 156 valence electrons. The quantitative estimate of drug-likeness (QED) is 0.572. The standard InChI is InChI=1S/C23H40O4/c1-4-6-17-7-13-21(14-8-17)27-22(24)19-9-11-20(12-10-19)23-25-15-18(5-2)16(3)26-23/h16-21,23H,4-15H2,1-3H3. The molecule has 3 aliphatic rings. The summed E-state index contributed by atoms with van der Waals surface area (Å²) in [5, 5.41) is 0. The van der Waals surface area contributed by atoms with Gasteiger partial charge in [0, 0.05) is 11.8 Å². The van der Waals surface area contributed by atoms with Gasteiger partial charge >= 0.3 is 5.97 Å². The van der Waals surface area contributed by atoms with E-state index in [1.807, 2.05) is 0 Å². The zero-order valence-electron chi connectivity index (χ0n) is 17.7. The summed E-state index contributed by atoms with van der Waals surface area (Å²) >= 11 is 0. The summed E-state index contributed by atoms with van der Waals surface area (Å²) in [6.45, 7) is 7.43. The largest absolute Gasteiger partial charge is 0.462 e. The second kappa shape index (κ2) is 10.2. The summed E-state index contributed by atoms with van der Waals surface area (Å²) in [5.41, 5.74) is 0. The molecule has 3 atom stereocenters. The van der Waals surface area contributed by atoms with Crippen LogP contribution in [-0.2, 0) is 19.0 Å². The van der Waals surface area contributed by atoms with Gasteiger partial charge in [0.2, 0.25) is 0 Å². The van der Waals surface area contributed by atoms with Crippen molar-refractivity contribution < 1.29 is 19.0 Å². The normalized spacial score (nSPS) is 40.5. The van der Waals surface area contributed by atoms with E-state index in [0.717, 1.165) is 57.5 Å². The van der Waals surface area contributed by atoms with E-state index < -0.39 is 0 Å². The van der Waals surface area contributed by atoms with Gasteiger partial charge in [-0.3, -0.25) is 4.79 Å². The van der Waals surface area contributed by atoms with Gasteiger partial charge in [-0.1, -0.05) is 26.7 Å². The maximum absolute atomic E-state index is 12.6. The van der Waals surface area contributed by atoms with Crippen LogP contribution in [-0.4, -0.2) is 31.1 Å². The third-order valence-corrected chi connectivity index (χ3v) is 7.28. The average molecular weight is 381 g/mol. The van der Waals surface area contributed by atoms with Gasteiger partial charge in [0.1, 0.15) is 6.10 Å². The topological polar surface area (TPSA) is 44.8 Å². The maximum Gasteiger partial charge on any atom is 0.309 e. The van der Waals surface area contributed by atoms with E-state index in [1.54, 1.807) is 0 Å². The fourth-order valence-electron chi connectivity index (χ4n) is 5.25. The van der Waals surface area contributed by atoms with Gasteiger partial charge in [0.15, 0.2) is 6.29 Å². The predicted octanol–water partition coefficient (Wildman–Crippen LogP) is 5.48. The van der Waals surface area contributed by atoms with Gasteiger partial charge in [-0.2, -0.15) is 0 Å². The summed E-state index contributed by atoms with van der Waals surface area (Å²) in [6, 6.07) is 0. The van der Waals surface area contributed by atoms with Crippen LogP contribution in [0.4, 0.5) is 0 Å². The molecule has 3 unspecified atom stereocenters. The molecule has 1 saturated heterocycles. The molecule has 3 fully saturated rings. The van der Waals surface area contributed by atoms with Crippen molar-refractivity contribution in [3.63, 3.8) is 0 Å². The van der Waals surface area contributed by atoms with Crippen molar-refractivity contribution in [3.05, 3.63) is 0 Å². The fourth-order valence-corrected chi connectivity index (χ4v) is 5.25. The van der Waals surface area contributed by atoms with Crippen LogP contribution in [0, 0.1) is 23.7 Å². The van der Waals surface area contributed by atoms with E-state index >= 15 is 0 Å². The Morgan fingerprint density at radius 1 is 1.00 bits per heavy atom. The van der Waals surface area contributed by atoms with E-state index in [4.69, 9.17) is 14.2 Å². The van der Waals surface area contributed by atoms with Crippen LogP contribution in [0.1, 0.15) is 91.4 Å². The van der Waals surface area contributed by atoms with E-state index in [9.17, 15) is 4.79 Å². The van der Waals surface area contributed by atoms with Crippen LogP contribution >= 0.6 is 0 Å². The summed E-state index contributed by atoms with van der Waals surface area (Å²) in [5.74, 6) is 1.93. The highest BCUT2D eigenvalue weighted by Crippen LogP contribution is 2.37. The van der Waals surface area contributed by atoms with Crippen molar-refractivity contribution >= 4 is 5.97 Å². The first-order chi connectivity index (χ1) is 13.1. The molecule has 0 bridgehead atoms. The van der Waals surface area contributed by atoms with Crippen molar-refractivity contribution in [3.8, 4) is 0 Å². The minimum atomic E-state index is -0.0754. The fraction of sp³-hybridized carbons (Fsp3) is 0.957. The zero-order chi connectivity index (χ0) is 19.2. The molecule has 0 N–H and O–H groups in total. The highest BCUT2D eigenvalue weighted by Gasteiger charge is 2.37. The maximum atomic E-state index is 12.6. The molecule has 1 aliphatic heterocycles. The number of carbonyl (C=O) groups is 1. The van der Waals surface area contributed by atoms with Crippen molar-refractivity contribution in [2.45, 2.75) is 110 Å². The Morgan fingerprint density at radius 3 is 2.30 bits per heavy atom. The molecular formula is C23H40O4. The Bertz CT molecular complexity index is 449. The first-order valence-electron chi connectivity index (χ1n) is 11.6. The molecule has 0 amide bonds. The van der Waals surface area contributed by atoms with Crippen LogP contribution in [0.25, 0.3) is 0 Å². The molecular weight excluding hydrogens is 340 g/mol. The van der Waals surface area contributed by atoms with Crippen LogP contribution in [0.5, 0.6) is 0 Å². The third kappa shape index (κ3) is 5.69. The molecule has 4 heteroatoms. The van der Waals surface area contributed by atoms with E-state index in [2.05, 4.69) is 20.8 Å². The number of carbonyl (C=O) groups excluding carboxylic acids is 1. The molecule has 0 aromatic rings. The van der Waals surface area contributed by atoms with Crippen molar-refractivity contribution in [2.75, 3.05) is 6.61 Å². The number of hydrogen-bond acceptors (Lipinski definition) is 4. The highest BCUT2D eigenvalue weighted by atomic mass is 16.7. The van der Waals surface area contributed by atoms with Gasteiger partial charge in [-0.05, 0) is 70.6 Å². The molecule has 0 radical (unpaired) electrons. The van der Waals surface area contributed by atoms with Crippen molar-refractivity contribution in [1.29, 1.82) is 0 Å². The second-order valence-corrected chi connectivity index (χ2v) is 9.19. The van der Waals surface area contributed by atoms with E-state index in [0.29, 0.717) is 11.8 Å². The molecule has 0 aromatic heterocycles. The lowest BCUT2D eigenvalue weighted by Gasteiger charge is -2.40. The molecule has 27 heavy (non-hydrogen) atoms. The molecule has 1 heterocycles. The Labute approximate surface area is 165 Å². The summed E-state index contributed by atoms with van der Waals surface area (Å²) in [6.07, 6.45) is 12.5. The summed E-state index contributed by atoms with van der Waals surface area (Å²) in [4.78, 5) is 12.6. The molecule has 2 aliphatic carbocycles. The van der Waals surface area contributed by atoms with Gasteiger partial charge in [0.25, 0.3) is 0 Å². The molecule has 2 saturated carbocycles. The first-order valence-corrected chi connectivity index (χ1v) is 11.6. The second-order valence-electron chi connectivity index (χ2n) is 9.19. The molecule has 0 spiro atoms. The van der Waals surface area contributed by atoms with E-state index in [-0.39, 0.29) is 30.4 Å². The Morgan fingerprint density at radius 2 is 1.70 bits per heavy atom. The van der Waals surface area contributed by atoms with Gasteiger partial charge in [-0.15, -0.1) is 0 Å². The monoisotopic (exact) mass is 380 g/mol. The van der Waals surface area contributed by atoms with Gasteiger partial charge in [0.05, 0.1) is 18.6 Å². The minimum Gasteiger partial charge on any atom is -0.462 e. The van der Waals surface area contributed by atoms with Crippen LogP contribution in [0.2, 0.25) is 0 Å². The van der Waals surface area contributed by atoms with Crippen LogP contribution in [0.3, 0.4) is 0 Å². The Balaban J connectivity index is 1.37. The Kier molecular flexibility index (Phi) is 8.01. The molecule has 3 rings (SSSR count). The molecule has 4 nitrogen and oxygen atoms in total. The van der Waals surface area contributed by atoms with Gasteiger partial charge in [-0.25, -0.2) is 0 Å².